The number of aromatic nitrogens is 2. The standard InChI is InChI=1S/C20H31BBrN3O2Si/c1-20(2,3)28(5,6)27-16-11-18(25(13-16)21(4)26)19-23-12-17(24-19)14-7-9-15(22)10-8-14/h7-10,12,16,18,26H,11,13H2,1-6H3,(H,23,24)/t16-,18+/m1/s1. The quantitative estimate of drug-likeness (QED) is 0.606. The number of nitrogens with zero attached hydrogens (tertiary/aromatic N) is 2. The van der Waals surface area contributed by atoms with Gasteiger partial charge in [-0.25, -0.2) is 4.98 Å². The molecule has 1 aromatic heterocycles. The Hall–Kier alpha value is -0.928. The molecule has 8 heteroatoms. The third-order valence-corrected chi connectivity index (χ3v) is 11.2. The van der Waals surface area contributed by atoms with Gasteiger partial charge in [0.2, 0.25) is 0 Å². The third kappa shape index (κ3) is 4.62. The van der Waals surface area contributed by atoms with Crippen LogP contribution in [0.1, 0.15) is 39.1 Å². The number of H-pyrrole nitrogens is 1. The molecule has 0 aliphatic carbocycles. The Bertz CT molecular complexity index is 805. The molecular formula is C20H31BBrN3O2Si. The molecule has 0 amide bonds. The Labute approximate surface area is 178 Å². The van der Waals surface area contributed by atoms with Gasteiger partial charge >= 0.3 is 7.05 Å². The molecule has 0 radical (unpaired) electrons. The Kier molecular flexibility index (Phi) is 6.27. The molecule has 1 aromatic carbocycles. The van der Waals surface area contributed by atoms with Crippen molar-refractivity contribution in [1.29, 1.82) is 0 Å². The molecule has 0 unspecified atom stereocenters. The lowest BCUT2D eigenvalue weighted by molar-refractivity contribution is 0.191. The SMILES string of the molecule is CB(O)N1C[C@H](O[Si](C)(C)C(C)(C)C)C[C@H]1c1ncc(-c2ccc(Br)cc2)[nH]1. The monoisotopic (exact) mass is 463 g/mol. The van der Waals surface area contributed by atoms with Gasteiger partial charge in [0, 0.05) is 11.0 Å². The van der Waals surface area contributed by atoms with Gasteiger partial charge in [-0.3, -0.25) is 0 Å². The lowest BCUT2D eigenvalue weighted by Gasteiger charge is -2.38. The Morgan fingerprint density at radius 2 is 1.93 bits per heavy atom. The van der Waals surface area contributed by atoms with E-state index in [1.54, 1.807) is 0 Å². The van der Waals surface area contributed by atoms with Crippen molar-refractivity contribution in [2.75, 3.05) is 6.54 Å². The van der Waals surface area contributed by atoms with E-state index in [0.29, 0.717) is 0 Å². The van der Waals surface area contributed by atoms with Crippen LogP contribution in [-0.2, 0) is 4.43 Å². The minimum atomic E-state index is -1.86. The molecule has 0 spiro atoms. The molecule has 0 saturated carbocycles. The van der Waals surface area contributed by atoms with E-state index in [1.807, 2.05) is 25.2 Å². The van der Waals surface area contributed by atoms with Gasteiger partial charge in [0.25, 0.3) is 0 Å². The minimum Gasteiger partial charge on any atom is -0.437 e. The third-order valence-electron chi connectivity index (χ3n) is 6.11. The van der Waals surface area contributed by atoms with Gasteiger partial charge in [-0.05, 0) is 49.1 Å². The van der Waals surface area contributed by atoms with Crippen LogP contribution in [-0.4, -0.2) is 47.8 Å². The van der Waals surface area contributed by atoms with Gasteiger partial charge in [-0.2, -0.15) is 0 Å². The summed E-state index contributed by atoms with van der Waals surface area (Å²) in [6.07, 6.45) is 2.83. The van der Waals surface area contributed by atoms with Crippen molar-refractivity contribution < 1.29 is 9.45 Å². The fraction of sp³-hybridized carbons (Fsp3) is 0.550. The summed E-state index contributed by atoms with van der Waals surface area (Å²) in [6.45, 7) is 13.9. The van der Waals surface area contributed by atoms with Crippen molar-refractivity contribution in [2.45, 2.75) is 64.3 Å². The van der Waals surface area contributed by atoms with Crippen molar-refractivity contribution in [3.05, 3.63) is 40.8 Å². The fourth-order valence-corrected chi connectivity index (χ4v) is 5.09. The predicted molar refractivity (Wildman–Crippen MR) is 122 cm³/mol. The van der Waals surface area contributed by atoms with Gasteiger partial charge in [-0.1, -0.05) is 48.8 Å². The van der Waals surface area contributed by atoms with Gasteiger partial charge in [-0.15, -0.1) is 0 Å². The van der Waals surface area contributed by atoms with E-state index < -0.39 is 15.4 Å². The average Bonchev–Trinajstić information content (AvgIpc) is 3.21. The number of rotatable bonds is 5. The molecule has 3 rings (SSSR count). The maximum absolute atomic E-state index is 10.3. The maximum Gasteiger partial charge on any atom is 0.377 e. The zero-order chi connectivity index (χ0) is 20.7. The summed E-state index contributed by atoms with van der Waals surface area (Å²) in [4.78, 5) is 10.2. The second kappa shape index (κ2) is 8.07. The first kappa shape index (κ1) is 21.8. The van der Waals surface area contributed by atoms with Crippen molar-refractivity contribution in [2.24, 2.45) is 0 Å². The fourth-order valence-electron chi connectivity index (χ4n) is 3.46. The highest BCUT2D eigenvalue weighted by Crippen LogP contribution is 2.41. The molecule has 2 N–H and O–H groups in total. The first-order chi connectivity index (χ1) is 13.0. The molecule has 1 aliphatic rings. The molecule has 2 atom stereocenters. The highest BCUT2D eigenvalue weighted by atomic mass is 79.9. The first-order valence-corrected chi connectivity index (χ1v) is 13.6. The van der Waals surface area contributed by atoms with Gasteiger partial charge in [0.1, 0.15) is 5.82 Å². The molecule has 2 heterocycles. The molecule has 28 heavy (non-hydrogen) atoms. The van der Waals surface area contributed by atoms with Crippen LogP contribution >= 0.6 is 15.9 Å². The van der Waals surface area contributed by atoms with Crippen molar-refractivity contribution in [1.82, 2.24) is 14.8 Å². The van der Waals surface area contributed by atoms with E-state index in [9.17, 15) is 5.02 Å². The van der Waals surface area contributed by atoms with Crippen LogP contribution in [0.2, 0.25) is 25.0 Å². The van der Waals surface area contributed by atoms with Crippen LogP contribution in [0.15, 0.2) is 34.9 Å². The number of nitrogens with one attached hydrogen (secondary N) is 1. The van der Waals surface area contributed by atoms with Crippen LogP contribution in [0.4, 0.5) is 0 Å². The van der Waals surface area contributed by atoms with Crippen LogP contribution in [0, 0.1) is 0 Å². The topological polar surface area (TPSA) is 61.4 Å². The Morgan fingerprint density at radius 3 is 2.50 bits per heavy atom. The largest absolute Gasteiger partial charge is 0.437 e. The van der Waals surface area contributed by atoms with E-state index in [1.165, 1.54) is 0 Å². The predicted octanol–water partition coefficient (Wildman–Crippen LogP) is 5.09. The molecule has 1 aliphatic heterocycles. The van der Waals surface area contributed by atoms with E-state index in [0.717, 1.165) is 34.5 Å². The summed E-state index contributed by atoms with van der Waals surface area (Å²) in [5, 5.41) is 10.5. The summed E-state index contributed by atoms with van der Waals surface area (Å²) in [6, 6.07) is 8.20. The smallest absolute Gasteiger partial charge is 0.377 e. The maximum atomic E-state index is 10.3. The number of hydrogen-bond acceptors (Lipinski definition) is 4. The first-order valence-electron chi connectivity index (χ1n) is 9.90. The summed E-state index contributed by atoms with van der Waals surface area (Å²) < 4.78 is 7.69. The second-order valence-electron chi connectivity index (χ2n) is 9.27. The lowest BCUT2D eigenvalue weighted by atomic mass is 9.84. The zero-order valence-corrected chi connectivity index (χ0v) is 20.2. The highest BCUT2D eigenvalue weighted by molar-refractivity contribution is 9.10. The number of hydrogen-bond donors (Lipinski definition) is 2. The number of aromatic amines is 1. The molecule has 152 valence electrons. The highest BCUT2D eigenvalue weighted by Gasteiger charge is 2.44. The van der Waals surface area contributed by atoms with Crippen LogP contribution in [0.3, 0.4) is 0 Å². The van der Waals surface area contributed by atoms with E-state index in [4.69, 9.17) is 4.43 Å². The van der Waals surface area contributed by atoms with Gasteiger partial charge < -0.3 is 19.2 Å². The van der Waals surface area contributed by atoms with Crippen molar-refractivity contribution in [3.8, 4) is 11.3 Å². The van der Waals surface area contributed by atoms with E-state index in [-0.39, 0.29) is 17.2 Å². The van der Waals surface area contributed by atoms with Crippen molar-refractivity contribution >= 4 is 31.3 Å². The summed E-state index contributed by atoms with van der Waals surface area (Å²) >= 11 is 3.47. The lowest BCUT2D eigenvalue weighted by Crippen LogP contribution is -2.45. The van der Waals surface area contributed by atoms with Gasteiger partial charge in [0.15, 0.2) is 8.32 Å². The number of benzene rings is 1. The minimum absolute atomic E-state index is 0.0268. The molecule has 1 fully saturated rings. The van der Waals surface area contributed by atoms with Crippen LogP contribution < -0.4 is 0 Å². The van der Waals surface area contributed by atoms with Crippen molar-refractivity contribution in [3.63, 3.8) is 0 Å². The number of imidazole rings is 1. The molecule has 0 bridgehead atoms. The summed E-state index contributed by atoms with van der Waals surface area (Å²) in [5.74, 6) is 0.889. The molecular weight excluding hydrogens is 433 g/mol. The van der Waals surface area contributed by atoms with E-state index >= 15 is 0 Å². The Morgan fingerprint density at radius 1 is 1.29 bits per heavy atom. The normalized spacial score (nSPS) is 21.3. The number of halogens is 1. The van der Waals surface area contributed by atoms with Gasteiger partial charge in [0.05, 0.1) is 24.0 Å². The van der Waals surface area contributed by atoms with Crippen LogP contribution in [0.5, 0.6) is 0 Å². The Balaban J connectivity index is 1.80. The molecule has 1 saturated heterocycles. The van der Waals surface area contributed by atoms with Crippen LogP contribution in [0.25, 0.3) is 11.3 Å². The zero-order valence-electron chi connectivity index (χ0n) is 17.7. The summed E-state index contributed by atoms with van der Waals surface area (Å²) in [5.41, 5.74) is 2.08. The van der Waals surface area contributed by atoms with E-state index in [2.05, 4.69) is 76.7 Å². The second-order valence-corrected chi connectivity index (χ2v) is 14.9. The molecule has 5 nitrogen and oxygen atoms in total. The molecule has 2 aromatic rings. The average molecular weight is 464 g/mol. The summed E-state index contributed by atoms with van der Waals surface area (Å²) in [7, 11) is -2.40.